The normalized spacial score (nSPS) is 14.0. The van der Waals surface area contributed by atoms with E-state index in [1.54, 1.807) is 19.9 Å². The van der Waals surface area contributed by atoms with Gasteiger partial charge in [-0.3, -0.25) is 4.79 Å². The minimum absolute atomic E-state index is 0.0673. The standard InChI is InChI=1S/C25H32N2O5/c1-4-25(2,3)22(29)21(16-28)26-23(30)20(15-18-11-7-5-8-12-18)27-24(31)32-17-19-13-9-6-10-14-19/h4-14,20-22,28-29H,1,15-17H2,2-3H3,(H,26,30)(H,27,31)/t20-,21-,22+/m0/s1. The molecule has 7 nitrogen and oxygen atoms in total. The predicted octanol–water partition coefficient (Wildman–Crippen LogP) is 2.57. The highest BCUT2D eigenvalue weighted by atomic mass is 16.5. The summed E-state index contributed by atoms with van der Waals surface area (Å²) in [6.07, 6.45) is -0.0342. The van der Waals surface area contributed by atoms with Crippen molar-refractivity contribution in [2.75, 3.05) is 6.61 Å². The summed E-state index contributed by atoms with van der Waals surface area (Å²) in [4.78, 5) is 25.4. The van der Waals surface area contributed by atoms with Crippen molar-refractivity contribution in [2.45, 2.75) is 45.1 Å². The Balaban J connectivity index is 2.09. The second-order valence-corrected chi connectivity index (χ2v) is 8.22. The topological polar surface area (TPSA) is 108 Å². The second-order valence-electron chi connectivity index (χ2n) is 8.22. The van der Waals surface area contributed by atoms with Crippen molar-refractivity contribution in [1.82, 2.24) is 10.6 Å². The van der Waals surface area contributed by atoms with E-state index in [-0.39, 0.29) is 13.0 Å². The molecule has 4 N–H and O–H groups in total. The molecule has 0 saturated heterocycles. The lowest BCUT2D eigenvalue weighted by Crippen LogP contribution is -2.56. The van der Waals surface area contributed by atoms with Gasteiger partial charge in [0.1, 0.15) is 12.6 Å². The van der Waals surface area contributed by atoms with Crippen molar-refractivity contribution in [2.24, 2.45) is 5.41 Å². The van der Waals surface area contributed by atoms with Crippen LogP contribution < -0.4 is 10.6 Å². The molecule has 7 heteroatoms. The minimum atomic E-state index is -1.07. The highest BCUT2D eigenvalue weighted by Gasteiger charge is 2.34. The van der Waals surface area contributed by atoms with E-state index in [0.717, 1.165) is 11.1 Å². The molecule has 0 saturated carbocycles. The van der Waals surface area contributed by atoms with E-state index < -0.39 is 42.2 Å². The number of nitrogens with one attached hydrogen (secondary N) is 2. The maximum atomic E-state index is 13.0. The average molecular weight is 441 g/mol. The summed E-state index contributed by atoms with van der Waals surface area (Å²) in [6.45, 7) is 6.79. The van der Waals surface area contributed by atoms with Crippen molar-refractivity contribution < 1.29 is 24.5 Å². The highest BCUT2D eigenvalue weighted by Crippen LogP contribution is 2.24. The van der Waals surface area contributed by atoms with Crippen LogP contribution in [-0.2, 0) is 22.6 Å². The summed E-state index contributed by atoms with van der Waals surface area (Å²) < 4.78 is 5.25. The molecule has 0 aliphatic carbocycles. The predicted molar refractivity (Wildman–Crippen MR) is 123 cm³/mol. The summed E-state index contributed by atoms with van der Waals surface area (Å²) in [5.74, 6) is -0.538. The summed E-state index contributed by atoms with van der Waals surface area (Å²) in [5.41, 5.74) is 0.919. The van der Waals surface area contributed by atoms with E-state index in [0.29, 0.717) is 0 Å². The lowest BCUT2D eigenvalue weighted by molar-refractivity contribution is -0.125. The molecule has 2 aromatic carbocycles. The Morgan fingerprint density at radius 2 is 1.59 bits per heavy atom. The van der Waals surface area contributed by atoms with Crippen LogP contribution in [0.15, 0.2) is 73.3 Å². The molecule has 0 aromatic heterocycles. The number of benzene rings is 2. The molecule has 2 rings (SSSR count). The molecule has 0 bridgehead atoms. The fraction of sp³-hybridized carbons (Fsp3) is 0.360. The van der Waals surface area contributed by atoms with Crippen molar-refractivity contribution >= 4 is 12.0 Å². The number of alkyl carbamates (subject to hydrolysis) is 1. The van der Waals surface area contributed by atoms with E-state index in [4.69, 9.17) is 4.74 Å². The number of hydrogen-bond acceptors (Lipinski definition) is 5. The summed E-state index contributed by atoms with van der Waals surface area (Å²) in [6, 6.07) is 16.5. The van der Waals surface area contributed by atoms with Crippen LogP contribution in [-0.4, -0.2) is 47.0 Å². The number of carbonyl (C=O) groups excluding carboxylic acids is 2. The first-order chi connectivity index (χ1) is 15.3. The molecule has 2 amide bonds. The quantitative estimate of drug-likeness (QED) is 0.402. The van der Waals surface area contributed by atoms with Gasteiger partial charge in [-0.15, -0.1) is 6.58 Å². The molecule has 3 atom stereocenters. The average Bonchev–Trinajstić information content (AvgIpc) is 2.81. The number of amides is 2. The van der Waals surface area contributed by atoms with Gasteiger partial charge in [0, 0.05) is 11.8 Å². The van der Waals surface area contributed by atoms with Gasteiger partial charge in [0.25, 0.3) is 0 Å². The monoisotopic (exact) mass is 440 g/mol. The zero-order valence-electron chi connectivity index (χ0n) is 18.5. The molecule has 0 aliphatic heterocycles. The van der Waals surface area contributed by atoms with Gasteiger partial charge in [0.15, 0.2) is 0 Å². The molecule has 0 radical (unpaired) electrons. The summed E-state index contributed by atoms with van der Waals surface area (Å²) in [5, 5.41) is 25.6. The number of ether oxygens (including phenoxy) is 1. The zero-order valence-corrected chi connectivity index (χ0v) is 18.5. The third kappa shape index (κ3) is 7.51. The number of aliphatic hydroxyl groups is 2. The van der Waals surface area contributed by atoms with Crippen LogP contribution in [0.5, 0.6) is 0 Å². The fourth-order valence-corrected chi connectivity index (χ4v) is 3.11. The van der Waals surface area contributed by atoms with Gasteiger partial charge < -0.3 is 25.6 Å². The fourth-order valence-electron chi connectivity index (χ4n) is 3.11. The van der Waals surface area contributed by atoms with Gasteiger partial charge in [-0.25, -0.2) is 4.79 Å². The van der Waals surface area contributed by atoms with Crippen molar-refractivity contribution in [3.63, 3.8) is 0 Å². The highest BCUT2D eigenvalue weighted by molar-refractivity contribution is 5.86. The van der Waals surface area contributed by atoms with Gasteiger partial charge in [0.2, 0.25) is 5.91 Å². The van der Waals surface area contributed by atoms with Crippen LogP contribution in [0.4, 0.5) is 4.79 Å². The molecule has 0 fully saturated rings. The molecular weight excluding hydrogens is 408 g/mol. The summed E-state index contributed by atoms with van der Waals surface area (Å²) >= 11 is 0. The summed E-state index contributed by atoms with van der Waals surface area (Å²) in [7, 11) is 0. The Bertz CT molecular complexity index is 870. The van der Waals surface area contributed by atoms with Crippen molar-refractivity contribution in [3.05, 3.63) is 84.4 Å². The molecule has 0 spiro atoms. The molecule has 172 valence electrons. The molecular formula is C25H32N2O5. The van der Waals surface area contributed by atoms with Gasteiger partial charge in [-0.1, -0.05) is 80.6 Å². The first kappa shape index (κ1) is 25.1. The molecule has 0 aliphatic rings. The van der Waals surface area contributed by atoms with E-state index in [1.807, 2.05) is 60.7 Å². The molecule has 32 heavy (non-hydrogen) atoms. The lowest BCUT2D eigenvalue weighted by atomic mass is 9.83. The first-order valence-electron chi connectivity index (χ1n) is 10.5. The Morgan fingerprint density at radius 1 is 1.03 bits per heavy atom. The van der Waals surface area contributed by atoms with E-state index >= 15 is 0 Å². The van der Waals surface area contributed by atoms with Gasteiger partial charge >= 0.3 is 6.09 Å². The number of aliphatic hydroxyl groups excluding tert-OH is 2. The minimum Gasteiger partial charge on any atom is -0.445 e. The third-order valence-corrected chi connectivity index (χ3v) is 5.30. The van der Waals surface area contributed by atoms with E-state index in [2.05, 4.69) is 17.2 Å². The number of rotatable bonds is 11. The molecule has 0 unspecified atom stereocenters. The molecule has 0 heterocycles. The smallest absolute Gasteiger partial charge is 0.408 e. The Labute approximate surface area is 189 Å². The van der Waals surface area contributed by atoms with Crippen molar-refractivity contribution in [1.29, 1.82) is 0 Å². The number of carbonyl (C=O) groups is 2. The maximum absolute atomic E-state index is 13.0. The Morgan fingerprint density at radius 3 is 2.12 bits per heavy atom. The lowest BCUT2D eigenvalue weighted by Gasteiger charge is -2.34. The Kier molecular flexibility index (Phi) is 9.43. The van der Waals surface area contributed by atoms with E-state index in [1.165, 1.54) is 0 Å². The number of hydrogen-bond donors (Lipinski definition) is 4. The van der Waals surface area contributed by atoms with Gasteiger partial charge in [-0.05, 0) is 11.1 Å². The van der Waals surface area contributed by atoms with Gasteiger partial charge in [-0.2, -0.15) is 0 Å². The van der Waals surface area contributed by atoms with Gasteiger partial charge in [0.05, 0.1) is 18.8 Å². The van der Waals surface area contributed by atoms with Crippen LogP contribution in [0.1, 0.15) is 25.0 Å². The van der Waals surface area contributed by atoms with E-state index in [9.17, 15) is 19.8 Å². The zero-order chi connectivity index (χ0) is 23.6. The van der Waals surface area contributed by atoms with Crippen molar-refractivity contribution in [3.8, 4) is 0 Å². The first-order valence-corrected chi connectivity index (χ1v) is 10.5. The Hall–Kier alpha value is -3.16. The van der Waals surface area contributed by atoms with Crippen LogP contribution >= 0.6 is 0 Å². The molecule has 2 aromatic rings. The van der Waals surface area contributed by atoms with Crippen LogP contribution in [0, 0.1) is 5.41 Å². The van der Waals surface area contributed by atoms with Crippen LogP contribution in [0.2, 0.25) is 0 Å². The largest absolute Gasteiger partial charge is 0.445 e. The maximum Gasteiger partial charge on any atom is 0.408 e. The SMILES string of the molecule is C=CC(C)(C)[C@H](O)[C@H](CO)NC(=O)[C@H](Cc1ccccc1)NC(=O)OCc1ccccc1. The van der Waals surface area contributed by atoms with Crippen LogP contribution in [0.25, 0.3) is 0 Å². The second kappa shape index (κ2) is 12.0. The third-order valence-electron chi connectivity index (χ3n) is 5.30. The van der Waals surface area contributed by atoms with Crippen LogP contribution in [0.3, 0.4) is 0 Å².